The molecule has 0 unspecified atom stereocenters. The van der Waals surface area contributed by atoms with Crippen LogP contribution in [0, 0.1) is 0 Å². The Hall–Kier alpha value is -2.21. The first kappa shape index (κ1) is 20.5. The fourth-order valence-corrected chi connectivity index (χ4v) is 3.48. The lowest BCUT2D eigenvalue weighted by Crippen LogP contribution is -2.20. The molecular weight excluding hydrogens is 356 g/mol. The molecule has 2 aromatic rings. The fraction of sp³-hybridized carbons (Fsp3) is 0.591. The van der Waals surface area contributed by atoms with Crippen molar-refractivity contribution in [1.29, 1.82) is 0 Å². The highest BCUT2D eigenvalue weighted by molar-refractivity contribution is 5.97. The Labute approximate surface area is 167 Å². The van der Waals surface area contributed by atoms with Crippen molar-refractivity contribution >= 4 is 16.9 Å². The zero-order valence-corrected chi connectivity index (χ0v) is 17.4. The zero-order chi connectivity index (χ0) is 20.1. The summed E-state index contributed by atoms with van der Waals surface area (Å²) in [6.45, 7) is 5.02. The van der Waals surface area contributed by atoms with Crippen LogP contribution in [-0.2, 0) is 4.74 Å². The van der Waals surface area contributed by atoms with E-state index in [4.69, 9.17) is 14.2 Å². The molecule has 154 valence electrons. The van der Waals surface area contributed by atoms with E-state index in [2.05, 4.69) is 4.98 Å². The summed E-state index contributed by atoms with van der Waals surface area (Å²) >= 11 is 0. The molecule has 1 N–H and O–H groups in total. The number of hydrogen-bond acceptors (Lipinski definition) is 5. The van der Waals surface area contributed by atoms with Crippen molar-refractivity contribution in [2.45, 2.75) is 58.2 Å². The molecule has 0 spiro atoms. The van der Waals surface area contributed by atoms with Crippen LogP contribution in [-0.4, -0.2) is 55.3 Å². The van der Waals surface area contributed by atoms with Gasteiger partial charge in [0, 0.05) is 24.1 Å². The van der Waals surface area contributed by atoms with Crippen LogP contribution >= 0.6 is 0 Å². The van der Waals surface area contributed by atoms with Gasteiger partial charge >= 0.3 is 5.97 Å². The zero-order valence-electron chi connectivity index (χ0n) is 17.4. The lowest BCUT2D eigenvalue weighted by Gasteiger charge is -2.23. The van der Waals surface area contributed by atoms with Gasteiger partial charge in [0.15, 0.2) is 0 Å². The minimum atomic E-state index is -0.358. The number of H-pyrrole nitrogens is 1. The smallest absolute Gasteiger partial charge is 0.354 e. The van der Waals surface area contributed by atoms with Gasteiger partial charge in [0.05, 0.1) is 17.7 Å². The van der Waals surface area contributed by atoms with Gasteiger partial charge in [-0.3, -0.25) is 0 Å². The van der Waals surface area contributed by atoms with Crippen molar-refractivity contribution < 1.29 is 19.0 Å². The average molecular weight is 389 g/mol. The number of ether oxygens (including phenoxy) is 3. The van der Waals surface area contributed by atoms with E-state index in [1.165, 1.54) is 19.3 Å². The van der Waals surface area contributed by atoms with E-state index in [1.54, 1.807) is 6.07 Å². The molecule has 1 aromatic heterocycles. The monoisotopic (exact) mass is 388 g/mol. The summed E-state index contributed by atoms with van der Waals surface area (Å²) < 4.78 is 17.6. The third kappa shape index (κ3) is 5.41. The number of carbonyl (C=O) groups excluding carboxylic acids is 1. The molecule has 1 aliphatic rings. The quantitative estimate of drug-likeness (QED) is 0.680. The van der Waals surface area contributed by atoms with E-state index in [0.717, 1.165) is 35.2 Å². The molecule has 1 aromatic carbocycles. The first-order valence-corrected chi connectivity index (χ1v) is 10.2. The van der Waals surface area contributed by atoms with Crippen LogP contribution in [0.4, 0.5) is 0 Å². The fourth-order valence-electron chi connectivity index (χ4n) is 3.48. The SMILES string of the molecule is CC(C)Oc1cc(OC2CCCCC2)cc2[nH]c(C(=O)OCCN(C)C)cc12. The highest BCUT2D eigenvalue weighted by atomic mass is 16.5. The number of likely N-dealkylation sites (N-methyl/N-ethyl adjacent to an activating group) is 1. The molecule has 0 saturated heterocycles. The Kier molecular flexibility index (Phi) is 6.83. The molecule has 1 saturated carbocycles. The number of aromatic nitrogens is 1. The van der Waals surface area contributed by atoms with Gasteiger partial charge in [-0.15, -0.1) is 0 Å². The van der Waals surface area contributed by atoms with Gasteiger partial charge in [-0.2, -0.15) is 0 Å². The van der Waals surface area contributed by atoms with Gasteiger partial charge in [-0.25, -0.2) is 4.79 Å². The van der Waals surface area contributed by atoms with E-state index in [1.807, 2.05) is 45.0 Å². The van der Waals surface area contributed by atoms with Crippen LogP contribution in [0.2, 0.25) is 0 Å². The predicted octanol–water partition coefficient (Wildman–Crippen LogP) is 4.39. The van der Waals surface area contributed by atoms with Gasteiger partial charge in [-0.1, -0.05) is 6.42 Å². The summed E-state index contributed by atoms with van der Waals surface area (Å²) in [5, 5.41) is 0.865. The van der Waals surface area contributed by atoms with Crippen LogP contribution in [0.3, 0.4) is 0 Å². The average Bonchev–Trinajstić information content (AvgIpc) is 3.06. The van der Waals surface area contributed by atoms with Crippen LogP contribution in [0.25, 0.3) is 10.9 Å². The lowest BCUT2D eigenvalue weighted by molar-refractivity contribution is 0.0476. The molecular formula is C22H32N2O4. The number of benzene rings is 1. The van der Waals surface area contributed by atoms with Crippen LogP contribution < -0.4 is 9.47 Å². The van der Waals surface area contributed by atoms with E-state index in [-0.39, 0.29) is 18.2 Å². The number of nitrogens with one attached hydrogen (secondary N) is 1. The van der Waals surface area contributed by atoms with Crippen molar-refractivity contribution in [2.24, 2.45) is 0 Å². The number of rotatable bonds is 8. The van der Waals surface area contributed by atoms with E-state index in [9.17, 15) is 4.79 Å². The molecule has 28 heavy (non-hydrogen) atoms. The van der Waals surface area contributed by atoms with Gasteiger partial charge in [-0.05, 0) is 59.7 Å². The Bertz CT molecular complexity index is 791. The van der Waals surface area contributed by atoms with Gasteiger partial charge in [0.25, 0.3) is 0 Å². The molecule has 1 aliphatic carbocycles. The standard InChI is InChI=1S/C22H32N2O4/c1-15(2)27-21-13-17(28-16-8-6-5-7-9-16)12-19-18(21)14-20(23-19)22(25)26-11-10-24(3)4/h12-16,23H,5-11H2,1-4H3. The highest BCUT2D eigenvalue weighted by Gasteiger charge is 2.19. The lowest BCUT2D eigenvalue weighted by atomic mass is 9.98. The highest BCUT2D eigenvalue weighted by Crippen LogP contribution is 2.34. The van der Waals surface area contributed by atoms with Crippen molar-refractivity contribution in [3.8, 4) is 11.5 Å². The molecule has 0 aliphatic heterocycles. The number of carbonyl (C=O) groups is 1. The predicted molar refractivity (Wildman–Crippen MR) is 110 cm³/mol. The van der Waals surface area contributed by atoms with Crippen molar-refractivity contribution in [1.82, 2.24) is 9.88 Å². The normalized spacial score (nSPS) is 15.4. The Morgan fingerprint density at radius 1 is 1.18 bits per heavy atom. The molecule has 0 atom stereocenters. The third-order valence-corrected chi connectivity index (χ3v) is 4.88. The van der Waals surface area contributed by atoms with E-state index < -0.39 is 0 Å². The van der Waals surface area contributed by atoms with Crippen molar-refractivity contribution in [2.75, 3.05) is 27.2 Å². The van der Waals surface area contributed by atoms with Gasteiger partial charge < -0.3 is 24.1 Å². The van der Waals surface area contributed by atoms with Crippen molar-refractivity contribution in [3.63, 3.8) is 0 Å². The first-order valence-electron chi connectivity index (χ1n) is 10.2. The summed E-state index contributed by atoms with van der Waals surface area (Å²) in [7, 11) is 3.89. The van der Waals surface area contributed by atoms with E-state index in [0.29, 0.717) is 18.8 Å². The summed E-state index contributed by atoms with van der Waals surface area (Å²) in [4.78, 5) is 17.5. The maximum atomic E-state index is 12.4. The molecule has 6 nitrogen and oxygen atoms in total. The Morgan fingerprint density at radius 3 is 2.61 bits per heavy atom. The molecule has 3 rings (SSSR count). The summed E-state index contributed by atoms with van der Waals surface area (Å²) in [6, 6.07) is 5.69. The van der Waals surface area contributed by atoms with Gasteiger partial charge in [0.1, 0.15) is 23.8 Å². The summed E-state index contributed by atoms with van der Waals surface area (Å²) in [6.07, 6.45) is 6.18. The minimum Gasteiger partial charge on any atom is -0.490 e. The Morgan fingerprint density at radius 2 is 1.93 bits per heavy atom. The van der Waals surface area contributed by atoms with Crippen LogP contribution in [0.15, 0.2) is 18.2 Å². The second-order valence-electron chi connectivity index (χ2n) is 8.05. The topological polar surface area (TPSA) is 63.8 Å². The largest absolute Gasteiger partial charge is 0.490 e. The van der Waals surface area contributed by atoms with Crippen molar-refractivity contribution in [3.05, 3.63) is 23.9 Å². The number of fused-ring (bicyclic) bond motifs is 1. The van der Waals surface area contributed by atoms with Crippen LogP contribution in [0.1, 0.15) is 56.4 Å². The molecule has 1 heterocycles. The summed E-state index contributed by atoms with van der Waals surface area (Å²) in [5.74, 6) is 1.15. The second kappa shape index (κ2) is 9.32. The Balaban J connectivity index is 1.83. The molecule has 0 bridgehead atoms. The van der Waals surface area contributed by atoms with E-state index >= 15 is 0 Å². The van der Waals surface area contributed by atoms with Gasteiger partial charge in [0.2, 0.25) is 0 Å². The molecule has 0 amide bonds. The number of hydrogen-bond donors (Lipinski definition) is 1. The first-order chi connectivity index (χ1) is 13.4. The molecule has 6 heteroatoms. The molecule has 1 fully saturated rings. The summed E-state index contributed by atoms with van der Waals surface area (Å²) in [5.41, 5.74) is 1.25. The number of aromatic amines is 1. The number of esters is 1. The minimum absolute atomic E-state index is 0.0264. The van der Waals surface area contributed by atoms with Crippen LogP contribution in [0.5, 0.6) is 11.5 Å². The number of nitrogens with zero attached hydrogens (tertiary/aromatic N) is 1. The maximum absolute atomic E-state index is 12.4. The second-order valence-corrected chi connectivity index (χ2v) is 8.05. The molecule has 0 radical (unpaired) electrons. The third-order valence-electron chi connectivity index (χ3n) is 4.88. The maximum Gasteiger partial charge on any atom is 0.354 e.